The van der Waals surface area contributed by atoms with Gasteiger partial charge in [-0.25, -0.2) is 0 Å². The van der Waals surface area contributed by atoms with Gasteiger partial charge in [-0.2, -0.15) is 0 Å². The van der Waals surface area contributed by atoms with E-state index in [9.17, 15) is 4.79 Å². The molecule has 33 heavy (non-hydrogen) atoms. The average Bonchev–Trinajstić information content (AvgIpc) is 3.29. The predicted molar refractivity (Wildman–Crippen MR) is 130 cm³/mol. The minimum atomic E-state index is -0.568. The Hall–Kier alpha value is -3.58. The standard InChI is InChI=1S/C26H25N3O3S/c1-4-31-22-13-9-8-12-20(22)25-28-29-26(32-25)33-23(19-10-6-5-7-11-19)24(30)27-21-16-17(2)14-15-18(21)3/h5-16,23H,4H2,1-3H3,(H,27,30). The molecule has 0 saturated carbocycles. The molecular formula is C26H25N3O3S. The number of anilines is 1. The van der Waals surface area contributed by atoms with E-state index >= 15 is 0 Å². The zero-order valence-electron chi connectivity index (χ0n) is 18.7. The van der Waals surface area contributed by atoms with E-state index in [0.29, 0.717) is 23.5 Å². The molecule has 1 atom stereocenters. The van der Waals surface area contributed by atoms with Crippen LogP contribution in [-0.4, -0.2) is 22.7 Å². The average molecular weight is 460 g/mol. The molecule has 0 aliphatic carbocycles. The number of ether oxygens (including phenoxy) is 1. The molecule has 1 amide bonds. The minimum Gasteiger partial charge on any atom is -0.493 e. The summed E-state index contributed by atoms with van der Waals surface area (Å²) in [4.78, 5) is 13.4. The molecule has 4 aromatic rings. The normalized spacial score (nSPS) is 11.7. The zero-order valence-corrected chi connectivity index (χ0v) is 19.6. The van der Waals surface area contributed by atoms with Gasteiger partial charge in [0.05, 0.1) is 12.2 Å². The first-order valence-electron chi connectivity index (χ1n) is 10.7. The maximum absolute atomic E-state index is 13.4. The molecule has 6 nitrogen and oxygen atoms in total. The molecule has 1 N–H and O–H groups in total. The molecule has 0 bridgehead atoms. The lowest BCUT2D eigenvalue weighted by molar-refractivity contribution is -0.115. The Balaban J connectivity index is 1.61. The fourth-order valence-electron chi connectivity index (χ4n) is 3.36. The van der Waals surface area contributed by atoms with Crippen LogP contribution >= 0.6 is 11.8 Å². The fraction of sp³-hybridized carbons (Fsp3) is 0.192. The van der Waals surface area contributed by atoms with Crippen LogP contribution in [0.5, 0.6) is 5.75 Å². The third-order valence-electron chi connectivity index (χ3n) is 5.03. The van der Waals surface area contributed by atoms with Gasteiger partial charge in [0.25, 0.3) is 11.1 Å². The van der Waals surface area contributed by atoms with Crippen molar-refractivity contribution in [1.82, 2.24) is 10.2 Å². The summed E-state index contributed by atoms with van der Waals surface area (Å²) in [6.07, 6.45) is 0. The van der Waals surface area contributed by atoms with Crippen LogP contribution in [0.15, 0.2) is 82.4 Å². The Morgan fingerprint density at radius 1 is 1.03 bits per heavy atom. The van der Waals surface area contributed by atoms with Crippen LogP contribution in [0.1, 0.15) is 28.9 Å². The molecule has 1 aromatic heterocycles. The van der Waals surface area contributed by atoms with Gasteiger partial charge >= 0.3 is 0 Å². The predicted octanol–water partition coefficient (Wildman–Crippen LogP) is 6.22. The third kappa shape index (κ3) is 5.43. The summed E-state index contributed by atoms with van der Waals surface area (Å²) >= 11 is 1.22. The van der Waals surface area contributed by atoms with E-state index in [1.54, 1.807) is 0 Å². The number of aryl methyl sites for hydroxylation is 2. The smallest absolute Gasteiger partial charge is 0.277 e. The number of hydrogen-bond acceptors (Lipinski definition) is 6. The first-order valence-corrected chi connectivity index (χ1v) is 11.6. The molecule has 0 aliphatic heterocycles. The number of nitrogens with one attached hydrogen (secondary N) is 1. The number of amides is 1. The van der Waals surface area contributed by atoms with Crippen molar-refractivity contribution in [1.29, 1.82) is 0 Å². The van der Waals surface area contributed by atoms with Gasteiger partial charge in [0.15, 0.2) is 0 Å². The van der Waals surface area contributed by atoms with Gasteiger partial charge in [-0.05, 0) is 67.4 Å². The van der Waals surface area contributed by atoms with Gasteiger partial charge in [0, 0.05) is 5.69 Å². The number of carbonyl (C=O) groups is 1. The van der Waals surface area contributed by atoms with E-state index in [1.807, 2.05) is 93.6 Å². The molecular weight excluding hydrogens is 434 g/mol. The maximum atomic E-state index is 13.4. The highest BCUT2D eigenvalue weighted by molar-refractivity contribution is 8.00. The molecule has 4 rings (SSSR count). The monoisotopic (exact) mass is 459 g/mol. The molecule has 0 saturated heterocycles. The van der Waals surface area contributed by atoms with Crippen LogP contribution < -0.4 is 10.1 Å². The molecule has 3 aromatic carbocycles. The molecule has 7 heteroatoms. The van der Waals surface area contributed by atoms with Crippen molar-refractivity contribution in [2.75, 3.05) is 11.9 Å². The molecule has 1 heterocycles. The van der Waals surface area contributed by atoms with Crippen LogP contribution in [-0.2, 0) is 4.79 Å². The van der Waals surface area contributed by atoms with Crippen molar-refractivity contribution < 1.29 is 13.9 Å². The van der Waals surface area contributed by atoms with Crippen LogP contribution in [0, 0.1) is 13.8 Å². The second-order valence-electron chi connectivity index (χ2n) is 7.52. The molecule has 168 valence electrons. The van der Waals surface area contributed by atoms with Gasteiger partial charge < -0.3 is 14.5 Å². The lowest BCUT2D eigenvalue weighted by Gasteiger charge is -2.16. The van der Waals surface area contributed by atoms with E-state index in [0.717, 1.165) is 27.9 Å². The lowest BCUT2D eigenvalue weighted by atomic mass is 10.1. The van der Waals surface area contributed by atoms with E-state index in [4.69, 9.17) is 9.15 Å². The lowest BCUT2D eigenvalue weighted by Crippen LogP contribution is -2.19. The number of benzene rings is 3. The first-order chi connectivity index (χ1) is 16.0. The van der Waals surface area contributed by atoms with E-state index in [-0.39, 0.29) is 5.91 Å². The number of rotatable bonds is 8. The highest BCUT2D eigenvalue weighted by Crippen LogP contribution is 2.38. The summed E-state index contributed by atoms with van der Waals surface area (Å²) in [5.74, 6) is 0.866. The Morgan fingerprint density at radius 3 is 2.58 bits per heavy atom. The van der Waals surface area contributed by atoms with Crippen molar-refractivity contribution in [3.05, 3.63) is 89.5 Å². The second-order valence-corrected chi connectivity index (χ2v) is 8.57. The van der Waals surface area contributed by atoms with Gasteiger partial charge in [0.1, 0.15) is 11.0 Å². The largest absolute Gasteiger partial charge is 0.493 e. The molecule has 0 radical (unpaired) electrons. The number of carbonyl (C=O) groups excluding carboxylic acids is 1. The first kappa shape index (κ1) is 22.6. The zero-order chi connectivity index (χ0) is 23.2. The molecule has 0 aliphatic rings. The van der Waals surface area contributed by atoms with Gasteiger partial charge in [-0.1, -0.05) is 54.6 Å². The Kier molecular flexibility index (Phi) is 7.10. The summed E-state index contributed by atoms with van der Waals surface area (Å²) in [6, 6.07) is 23.1. The van der Waals surface area contributed by atoms with Crippen LogP contribution in [0.3, 0.4) is 0 Å². The van der Waals surface area contributed by atoms with Gasteiger partial charge in [0.2, 0.25) is 5.91 Å². The van der Waals surface area contributed by atoms with Crippen molar-refractivity contribution in [2.45, 2.75) is 31.2 Å². The van der Waals surface area contributed by atoms with Gasteiger partial charge in [-0.3, -0.25) is 4.79 Å². The van der Waals surface area contributed by atoms with Crippen molar-refractivity contribution in [2.24, 2.45) is 0 Å². The fourth-order valence-corrected chi connectivity index (χ4v) is 4.24. The summed E-state index contributed by atoms with van der Waals surface area (Å²) in [7, 11) is 0. The summed E-state index contributed by atoms with van der Waals surface area (Å²) < 4.78 is 11.6. The van der Waals surface area contributed by atoms with E-state index in [1.165, 1.54) is 11.8 Å². The Bertz CT molecular complexity index is 1240. The molecule has 0 spiro atoms. The Morgan fingerprint density at radius 2 is 1.79 bits per heavy atom. The van der Waals surface area contributed by atoms with E-state index in [2.05, 4.69) is 15.5 Å². The van der Waals surface area contributed by atoms with Crippen LogP contribution in [0.2, 0.25) is 0 Å². The van der Waals surface area contributed by atoms with Gasteiger partial charge in [-0.15, -0.1) is 10.2 Å². The summed E-state index contributed by atoms with van der Waals surface area (Å²) in [5, 5.41) is 11.2. The number of para-hydroxylation sites is 1. The number of thioether (sulfide) groups is 1. The summed E-state index contributed by atoms with van der Waals surface area (Å²) in [6.45, 7) is 6.42. The highest BCUT2D eigenvalue weighted by atomic mass is 32.2. The maximum Gasteiger partial charge on any atom is 0.277 e. The quantitative estimate of drug-likeness (QED) is 0.315. The number of nitrogens with zero attached hydrogens (tertiary/aromatic N) is 2. The van der Waals surface area contributed by atoms with Crippen molar-refractivity contribution in [3.8, 4) is 17.2 Å². The SMILES string of the molecule is CCOc1ccccc1-c1nnc(SC(C(=O)Nc2cc(C)ccc2C)c2ccccc2)o1. The van der Waals surface area contributed by atoms with Crippen molar-refractivity contribution >= 4 is 23.4 Å². The third-order valence-corrected chi connectivity index (χ3v) is 6.12. The molecule has 1 unspecified atom stereocenters. The number of aromatic nitrogens is 2. The summed E-state index contributed by atoms with van der Waals surface area (Å²) in [5.41, 5.74) is 4.43. The van der Waals surface area contributed by atoms with Crippen LogP contribution in [0.4, 0.5) is 5.69 Å². The molecule has 0 fully saturated rings. The second kappa shape index (κ2) is 10.4. The minimum absolute atomic E-state index is 0.158. The topological polar surface area (TPSA) is 77.2 Å². The Labute approximate surface area is 197 Å². The van der Waals surface area contributed by atoms with Crippen molar-refractivity contribution in [3.63, 3.8) is 0 Å². The number of hydrogen-bond donors (Lipinski definition) is 1. The van der Waals surface area contributed by atoms with E-state index < -0.39 is 5.25 Å². The van der Waals surface area contributed by atoms with Crippen LogP contribution in [0.25, 0.3) is 11.5 Å². The highest BCUT2D eigenvalue weighted by Gasteiger charge is 2.26.